The van der Waals surface area contributed by atoms with Gasteiger partial charge in [-0.05, 0) is 49.1 Å². The third kappa shape index (κ3) is 4.76. The highest BCUT2D eigenvalue weighted by atomic mass is 19.4. The molecule has 0 bridgehead atoms. The van der Waals surface area contributed by atoms with E-state index in [2.05, 4.69) is 10.7 Å². The van der Waals surface area contributed by atoms with Crippen LogP contribution < -0.4 is 15.8 Å². The standard InChI is InChI=1S/C24H22F3N3O3/c25-24(26,27)20-11-4-1-6-15(20)12-13-28-21(31)16-7-5-8-17(14-16)30-23(33)19-10-3-2-9-18(19)22(32)29-30/h1-8,11,14,18-19H,9-10,12-13H2,(H,28,31)(H,29,32). The molecule has 0 spiro atoms. The minimum Gasteiger partial charge on any atom is -0.352 e. The molecule has 172 valence electrons. The van der Waals surface area contributed by atoms with Crippen LogP contribution in [0, 0.1) is 11.8 Å². The first-order valence-electron chi connectivity index (χ1n) is 10.6. The van der Waals surface area contributed by atoms with Gasteiger partial charge < -0.3 is 5.32 Å². The molecule has 6 nitrogen and oxygen atoms in total. The number of alkyl halides is 3. The number of nitrogens with one attached hydrogen (secondary N) is 2. The number of carbonyl (C=O) groups excluding carboxylic acids is 3. The van der Waals surface area contributed by atoms with Gasteiger partial charge in [-0.25, -0.2) is 5.01 Å². The first-order valence-corrected chi connectivity index (χ1v) is 10.6. The van der Waals surface area contributed by atoms with Crippen LogP contribution in [0.3, 0.4) is 0 Å². The van der Waals surface area contributed by atoms with E-state index in [4.69, 9.17) is 0 Å². The summed E-state index contributed by atoms with van der Waals surface area (Å²) in [5.74, 6) is -1.83. The molecule has 9 heteroatoms. The highest BCUT2D eigenvalue weighted by Crippen LogP contribution is 2.33. The number of anilines is 1. The van der Waals surface area contributed by atoms with E-state index in [1.54, 1.807) is 12.1 Å². The Hall–Kier alpha value is -3.62. The maximum atomic E-state index is 13.1. The molecule has 1 saturated heterocycles. The summed E-state index contributed by atoms with van der Waals surface area (Å²) >= 11 is 0. The number of hydrogen-bond donors (Lipinski definition) is 2. The van der Waals surface area contributed by atoms with E-state index in [1.165, 1.54) is 35.3 Å². The summed E-state index contributed by atoms with van der Waals surface area (Å²) < 4.78 is 39.4. The maximum absolute atomic E-state index is 13.1. The van der Waals surface area contributed by atoms with Crippen molar-refractivity contribution >= 4 is 23.4 Å². The zero-order valence-corrected chi connectivity index (χ0v) is 17.6. The number of carbonyl (C=O) groups is 3. The third-order valence-corrected chi connectivity index (χ3v) is 5.90. The molecule has 1 heterocycles. The van der Waals surface area contributed by atoms with Gasteiger partial charge in [0.25, 0.3) is 5.91 Å². The highest BCUT2D eigenvalue weighted by molar-refractivity contribution is 6.05. The minimum atomic E-state index is -4.46. The van der Waals surface area contributed by atoms with Crippen LogP contribution in [0.4, 0.5) is 18.9 Å². The van der Waals surface area contributed by atoms with Crippen molar-refractivity contribution in [2.24, 2.45) is 11.8 Å². The number of benzene rings is 2. The number of halogens is 3. The Balaban J connectivity index is 1.43. The number of allylic oxidation sites excluding steroid dienone is 2. The van der Waals surface area contributed by atoms with Gasteiger partial charge >= 0.3 is 6.18 Å². The summed E-state index contributed by atoms with van der Waals surface area (Å²) in [6.07, 6.45) is 0.313. The van der Waals surface area contributed by atoms with Crippen molar-refractivity contribution in [2.75, 3.05) is 11.6 Å². The first-order chi connectivity index (χ1) is 15.8. The van der Waals surface area contributed by atoms with Crippen LogP contribution in [0.5, 0.6) is 0 Å². The van der Waals surface area contributed by atoms with Crippen molar-refractivity contribution in [2.45, 2.75) is 25.4 Å². The average molecular weight is 457 g/mol. The Morgan fingerprint density at radius 3 is 2.52 bits per heavy atom. The van der Waals surface area contributed by atoms with E-state index in [9.17, 15) is 27.6 Å². The summed E-state index contributed by atoms with van der Waals surface area (Å²) in [6, 6.07) is 11.4. The molecular weight excluding hydrogens is 435 g/mol. The largest absolute Gasteiger partial charge is 0.416 e. The number of rotatable bonds is 5. The Morgan fingerprint density at radius 1 is 1.03 bits per heavy atom. The van der Waals surface area contributed by atoms with Crippen LogP contribution in [-0.2, 0) is 22.2 Å². The summed E-state index contributed by atoms with van der Waals surface area (Å²) in [4.78, 5) is 38.0. The second-order valence-corrected chi connectivity index (χ2v) is 8.02. The monoisotopic (exact) mass is 457 g/mol. The normalized spacial score (nSPS) is 20.3. The second kappa shape index (κ2) is 9.09. The fourth-order valence-corrected chi connectivity index (χ4v) is 4.20. The molecular formula is C24H22F3N3O3. The maximum Gasteiger partial charge on any atom is 0.416 e. The van der Waals surface area contributed by atoms with Gasteiger partial charge in [0.15, 0.2) is 0 Å². The molecule has 1 aliphatic carbocycles. The van der Waals surface area contributed by atoms with Crippen molar-refractivity contribution in [1.29, 1.82) is 0 Å². The summed E-state index contributed by atoms with van der Waals surface area (Å²) in [6.45, 7) is 0.00558. The molecule has 3 amide bonds. The molecule has 2 atom stereocenters. The van der Waals surface area contributed by atoms with Gasteiger partial charge in [0, 0.05) is 12.1 Å². The number of fused-ring (bicyclic) bond motifs is 1. The van der Waals surface area contributed by atoms with E-state index in [-0.39, 0.29) is 35.9 Å². The van der Waals surface area contributed by atoms with Gasteiger partial charge in [-0.1, -0.05) is 36.4 Å². The van der Waals surface area contributed by atoms with E-state index in [0.717, 1.165) is 6.07 Å². The number of nitrogens with zero attached hydrogens (tertiary/aromatic N) is 1. The van der Waals surface area contributed by atoms with E-state index in [0.29, 0.717) is 18.5 Å². The van der Waals surface area contributed by atoms with E-state index in [1.807, 2.05) is 12.2 Å². The summed E-state index contributed by atoms with van der Waals surface area (Å²) in [7, 11) is 0. The molecule has 1 fully saturated rings. The summed E-state index contributed by atoms with van der Waals surface area (Å²) in [5.41, 5.74) is 2.54. The SMILES string of the molecule is O=C(NCCc1ccccc1C(F)(F)F)c1cccc(N2NC(=O)C3CC=CCC3C2=O)c1. The third-order valence-electron chi connectivity index (χ3n) is 5.90. The van der Waals surface area contributed by atoms with Gasteiger partial charge in [-0.3, -0.25) is 19.8 Å². The lowest BCUT2D eigenvalue weighted by atomic mass is 9.80. The summed E-state index contributed by atoms with van der Waals surface area (Å²) in [5, 5.41) is 3.78. The molecule has 0 radical (unpaired) electrons. The van der Waals surface area contributed by atoms with Gasteiger partial charge in [0.2, 0.25) is 11.8 Å². The van der Waals surface area contributed by atoms with E-state index >= 15 is 0 Å². The predicted molar refractivity (Wildman–Crippen MR) is 115 cm³/mol. The molecule has 2 aromatic carbocycles. The first kappa shape index (κ1) is 22.6. The van der Waals surface area contributed by atoms with Crippen LogP contribution in [0.1, 0.15) is 34.3 Å². The van der Waals surface area contributed by atoms with Crippen molar-refractivity contribution < 1.29 is 27.6 Å². The predicted octanol–water partition coefficient (Wildman–Crippen LogP) is 3.64. The average Bonchev–Trinajstić information content (AvgIpc) is 2.81. The molecule has 0 saturated carbocycles. The number of hydrogen-bond acceptors (Lipinski definition) is 3. The Labute approximate surface area is 188 Å². The van der Waals surface area contributed by atoms with Crippen molar-refractivity contribution in [3.63, 3.8) is 0 Å². The quantitative estimate of drug-likeness (QED) is 0.673. The zero-order valence-electron chi connectivity index (χ0n) is 17.6. The molecule has 4 rings (SSSR count). The highest BCUT2D eigenvalue weighted by Gasteiger charge is 2.42. The molecule has 2 aromatic rings. The lowest BCUT2D eigenvalue weighted by Crippen LogP contribution is -2.59. The van der Waals surface area contributed by atoms with Gasteiger partial charge in [0.1, 0.15) is 0 Å². The van der Waals surface area contributed by atoms with Gasteiger partial charge in [0.05, 0.1) is 23.1 Å². The Morgan fingerprint density at radius 2 is 1.76 bits per heavy atom. The Bertz CT molecular complexity index is 1110. The second-order valence-electron chi connectivity index (χ2n) is 8.02. The molecule has 1 aliphatic heterocycles. The van der Waals surface area contributed by atoms with Crippen molar-refractivity contribution in [1.82, 2.24) is 10.7 Å². The smallest absolute Gasteiger partial charge is 0.352 e. The fourth-order valence-electron chi connectivity index (χ4n) is 4.20. The van der Waals surface area contributed by atoms with Crippen LogP contribution >= 0.6 is 0 Å². The topological polar surface area (TPSA) is 78.5 Å². The van der Waals surface area contributed by atoms with Gasteiger partial charge in [-0.2, -0.15) is 13.2 Å². The van der Waals surface area contributed by atoms with Crippen molar-refractivity contribution in [3.8, 4) is 0 Å². The molecule has 2 N–H and O–H groups in total. The molecule has 2 aliphatic rings. The molecule has 33 heavy (non-hydrogen) atoms. The van der Waals surface area contributed by atoms with Crippen LogP contribution in [0.15, 0.2) is 60.7 Å². The lowest BCUT2D eigenvalue weighted by Gasteiger charge is -2.38. The number of hydrazine groups is 1. The fraction of sp³-hybridized carbons (Fsp3) is 0.292. The molecule has 0 aromatic heterocycles. The zero-order chi connectivity index (χ0) is 23.6. The van der Waals surface area contributed by atoms with Crippen LogP contribution in [-0.4, -0.2) is 24.3 Å². The molecule has 2 unspecified atom stereocenters. The van der Waals surface area contributed by atoms with E-state index < -0.39 is 29.5 Å². The van der Waals surface area contributed by atoms with Crippen LogP contribution in [0.2, 0.25) is 0 Å². The van der Waals surface area contributed by atoms with Crippen molar-refractivity contribution in [3.05, 3.63) is 77.4 Å². The Kier molecular flexibility index (Phi) is 6.22. The van der Waals surface area contributed by atoms with Gasteiger partial charge in [-0.15, -0.1) is 0 Å². The van der Waals surface area contributed by atoms with Crippen LogP contribution in [0.25, 0.3) is 0 Å². The minimum absolute atomic E-state index is 0.00558. The number of amides is 3. The lowest BCUT2D eigenvalue weighted by molar-refractivity contribution is -0.140.